The standard InChI is InChI=1S/C19H14F9N5O3/c20-12(21)14-32-31-13(36-14)7-3-8-10(29-5-7)6-33(15(8)34)11-1-2-17(22,23)4-9(11)30-16(35)18(24,25)19(26,27)28/h3,5,9,11-12H,1-2,4,6H2,(H,30,35)/t9-,11-/m1/s1. The SMILES string of the molecule is O=C1c2cc(-c3nnc(C(F)F)o3)cnc2CN1[C@@H]1CCC(F)(F)C[C@H]1NC(=O)C(F)(F)C(F)(F)F. The van der Waals surface area contributed by atoms with Gasteiger partial charge in [0, 0.05) is 19.0 Å². The zero-order chi connectivity index (χ0) is 26.6. The van der Waals surface area contributed by atoms with Gasteiger partial charge < -0.3 is 14.6 Å². The lowest BCUT2D eigenvalue weighted by atomic mass is 9.86. The van der Waals surface area contributed by atoms with Crippen molar-refractivity contribution < 1.29 is 53.5 Å². The largest absolute Gasteiger partial charge is 0.463 e. The molecule has 1 fully saturated rings. The maximum Gasteiger partial charge on any atom is 0.463 e. The van der Waals surface area contributed by atoms with Gasteiger partial charge in [-0.2, -0.15) is 30.7 Å². The smallest absolute Gasteiger partial charge is 0.415 e. The normalized spacial score (nSPS) is 22.2. The fourth-order valence-corrected chi connectivity index (χ4v) is 4.04. The number of hydrogen-bond donors (Lipinski definition) is 1. The summed E-state index contributed by atoms with van der Waals surface area (Å²) in [4.78, 5) is 29.6. The molecule has 4 rings (SSSR count). The molecule has 2 aliphatic rings. The first-order valence-corrected chi connectivity index (χ1v) is 10.2. The molecule has 1 aliphatic carbocycles. The maximum absolute atomic E-state index is 14.0. The van der Waals surface area contributed by atoms with Crippen molar-refractivity contribution in [3.63, 3.8) is 0 Å². The van der Waals surface area contributed by atoms with Crippen LogP contribution in [0.25, 0.3) is 11.5 Å². The molecule has 0 spiro atoms. The lowest BCUT2D eigenvalue weighted by Crippen LogP contribution is -2.61. The summed E-state index contributed by atoms with van der Waals surface area (Å²) >= 11 is 0. The minimum Gasteiger partial charge on any atom is -0.415 e. The number of rotatable bonds is 5. The molecule has 196 valence electrons. The van der Waals surface area contributed by atoms with Gasteiger partial charge in [-0.05, 0) is 12.5 Å². The highest BCUT2D eigenvalue weighted by atomic mass is 19.4. The summed E-state index contributed by atoms with van der Waals surface area (Å²) < 4.78 is 123. The van der Waals surface area contributed by atoms with Gasteiger partial charge in [0.1, 0.15) is 0 Å². The molecule has 2 aromatic heterocycles. The Morgan fingerprint density at radius 3 is 2.50 bits per heavy atom. The van der Waals surface area contributed by atoms with Crippen LogP contribution < -0.4 is 5.32 Å². The molecule has 0 unspecified atom stereocenters. The summed E-state index contributed by atoms with van der Waals surface area (Å²) in [6.45, 7) is -0.334. The van der Waals surface area contributed by atoms with Gasteiger partial charge in [-0.1, -0.05) is 0 Å². The van der Waals surface area contributed by atoms with Gasteiger partial charge in [0.25, 0.3) is 11.8 Å². The van der Waals surface area contributed by atoms with Gasteiger partial charge in [0.15, 0.2) is 0 Å². The van der Waals surface area contributed by atoms with Gasteiger partial charge >= 0.3 is 24.4 Å². The first-order chi connectivity index (χ1) is 16.6. The molecule has 2 amide bonds. The molecule has 3 heterocycles. The van der Waals surface area contributed by atoms with E-state index in [1.165, 1.54) is 5.32 Å². The molecule has 17 heteroatoms. The number of halogens is 9. The number of carbonyl (C=O) groups excluding carboxylic acids is 2. The van der Waals surface area contributed by atoms with Crippen molar-refractivity contribution in [2.24, 2.45) is 0 Å². The zero-order valence-corrected chi connectivity index (χ0v) is 17.6. The summed E-state index contributed by atoms with van der Waals surface area (Å²) in [7, 11) is 0. The number of hydrogen-bond acceptors (Lipinski definition) is 6. The van der Waals surface area contributed by atoms with Crippen molar-refractivity contribution in [2.45, 2.75) is 62.3 Å². The van der Waals surface area contributed by atoms with E-state index in [4.69, 9.17) is 4.42 Å². The second kappa shape index (κ2) is 8.62. The minimum absolute atomic E-state index is 0.0341. The molecular weight excluding hydrogens is 517 g/mol. The topological polar surface area (TPSA) is 101 Å². The summed E-state index contributed by atoms with van der Waals surface area (Å²) in [5.74, 6) is -14.4. The second-order valence-corrected chi connectivity index (χ2v) is 8.22. The third kappa shape index (κ3) is 4.57. The molecule has 1 N–H and O–H groups in total. The molecule has 2 atom stereocenters. The van der Waals surface area contributed by atoms with E-state index in [1.54, 1.807) is 0 Å². The third-order valence-electron chi connectivity index (χ3n) is 5.80. The molecule has 8 nitrogen and oxygen atoms in total. The Kier molecular flexibility index (Phi) is 6.15. The first kappa shape index (κ1) is 25.7. The van der Waals surface area contributed by atoms with E-state index in [9.17, 15) is 49.1 Å². The monoisotopic (exact) mass is 531 g/mol. The predicted octanol–water partition coefficient (Wildman–Crippen LogP) is 3.90. The Hall–Kier alpha value is -3.40. The summed E-state index contributed by atoms with van der Waals surface area (Å²) in [5.41, 5.74) is -0.0825. The Balaban J connectivity index is 1.58. The van der Waals surface area contributed by atoms with E-state index >= 15 is 0 Å². The van der Waals surface area contributed by atoms with Gasteiger partial charge in [-0.15, -0.1) is 10.2 Å². The van der Waals surface area contributed by atoms with Crippen LogP contribution in [0.3, 0.4) is 0 Å². The fourth-order valence-electron chi connectivity index (χ4n) is 4.04. The Morgan fingerprint density at radius 2 is 1.89 bits per heavy atom. The summed E-state index contributed by atoms with van der Waals surface area (Å²) in [6.07, 6.45) is -10.8. The van der Waals surface area contributed by atoms with E-state index in [1.807, 2.05) is 0 Å². The number of pyridine rings is 1. The second-order valence-electron chi connectivity index (χ2n) is 8.22. The molecule has 1 saturated carbocycles. The van der Waals surface area contributed by atoms with Crippen molar-refractivity contribution in [3.8, 4) is 11.5 Å². The lowest BCUT2D eigenvalue weighted by molar-refractivity contribution is -0.270. The molecule has 1 aliphatic heterocycles. The number of nitrogens with zero attached hydrogens (tertiary/aromatic N) is 4. The van der Waals surface area contributed by atoms with Crippen molar-refractivity contribution in [3.05, 3.63) is 29.4 Å². The van der Waals surface area contributed by atoms with Crippen LogP contribution in [-0.2, 0) is 11.3 Å². The highest BCUT2D eigenvalue weighted by Crippen LogP contribution is 2.40. The average Bonchev–Trinajstić information content (AvgIpc) is 3.38. The number of carbonyl (C=O) groups is 2. The van der Waals surface area contributed by atoms with Crippen molar-refractivity contribution in [1.82, 2.24) is 25.4 Å². The highest BCUT2D eigenvalue weighted by molar-refractivity contribution is 5.99. The Bertz CT molecular complexity index is 1180. The van der Waals surface area contributed by atoms with Crippen LogP contribution in [-0.4, -0.2) is 62.0 Å². The van der Waals surface area contributed by atoms with Gasteiger partial charge in [0.05, 0.1) is 35.4 Å². The maximum atomic E-state index is 14.0. The number of aromatic nitrogens is 3. The van der Waals surface area contributed by atoms with E-state index in [-0.39, 0.29) is 23.4 Å². The summed E-state index contributed by atoms with van der Waals surface area (Å²) in [5, 5.41) is 7.89. The quantitative estimate of drug-likeness (QED) is 0.588. The van der Waals surface area contributed by atoms with Crippen LogP contribution >= 0.6 is 0 Å². The van der Waals surface area contributed by atoms with Crippen molar-refractivity contribution >= 4 is 11.8 Å². The molecular formula is C19H14F9N5O3. The Morgan fingerprint density at radius 1 is 1.19 bits per heavy atom. The Labute approximate surface area is 194 Å². The number of nitrogens with one attached hydrogen (secondary N) is 1. The van der Waals surface area contributed by atoms with Crippen LogP contribution in [0.15, 0.2) is 16.7 Å². The lowest BCUT2D eigenvalue weighted by Gasteiger charge is -2.41. The molecule has 36 heavy (non-hydrogen) atoms. The van der Waals surface area contributed by atoms with Crippen LogP contribution in [0.4, 0.5) is 39.5 Å². The highest BCUT2D eigenvalue weighted by Gasteiger charge is 2.64. The van der Waals surface area contributed by atoms with E-state index in [0.29, 0.717) is 0 Å². The molecule has 2 aromatic rings. The fraction of sp³-hybridized carbons (Fsp3) is 0.526. The first-order valence-electron chi connectivity index (χ1n) is 10.2. The number of amides is 2. The van der Waals surface area contributed by atoms with Gasteiger partial charge in [-0.25, -0.2) is 8.78 Å². The van der Waals surface area contributed by atoms with Crippen LogP contribution in [0.1, 0.15) is 47.6 Å². The number of fused-ring (bicyclic) bond motifs is 1. The molecule has 0 aromatic carbocycles. The van der Waals surface area contributed by atoms with Crippen molar-refractivity contribution in [2.75, 3.05) is 0 Å². The van der Waals surface area contributed by atoms with Crippen LogP contribution in [0, 0.1) is 0 Å². The van der Waals surface area contributed by atoms with E-state index in [0.717, 1.165) is 17.2 Å². The van der Waals surface area contributed by atoms with E-state index < -0.39 is 79.4 Å². The number of alkyl halides is 9. The summed E-state index contributed by atoms with van der Waals surface area (Å²) in [6, 6.07) is -2.15. The average molecular weight is 531 g/mol. The third-order valence-corrected chi connectivity index (χ3v) is 5.80. The van der Waals surface area contributed by atoms with Gasteiger partial charge in [-0.3, -0.25) is 14.6 Å². The molecule has 0 bridgehead atoms. The van der Waals surface area contributed by atoms with Crippen LogP contribution in [0.5, 0.6) is 0 Å². The molecule has 0 saturated heterocycles. The minimum atomic E-state index is -6.26. The van der Waals surface area contributed by atoms with Crippen molar-refractivity contribution in [1.29, 1.82) is 0 Å². The molecule has 0 radical (unpaired) electrons. The van der Waals surface area contributed by atoms with E-state index in [2.05, 4.69) is 15.2 Å². The zero-order valence-electron chi connectivity index (χ0n) is 17.6. The van der Waals surface area contributed by atoms with Gasteiger partial charge in [0.2, 0.25) is 11.8 Å². The predicted molar refractivity (Wildman–Crippen MR) is 97.9 cm³/mol. The van der Waals surface area contributed by atoms with Crippen LogP contribution in [0.2, 0.25) is 0 Å².